The number of nitriles is 1. The van der Waals surface area contributed by atoms with Crippen molar-refractivity contribution < 1.29 is 14.1 Å². The first-order valence-electron chi connectivity index (χ1n) is 8.24. The van der Waals surface area contributed by atoms with Crippen molar-refractivity contribution in [3.63, 3.8) is 0 Å². The third kappa shape index (κ3) is 3.42. The molecule has 1 aliphatic carbocycles. The Labute approximate surface area is 141 Å². The Morgan fingerprint density at radius 1 is 1.58 bits per heavy atom. The summed E-state index contributed by atoms with van der Waals surface area (Å²) in [6.07, 6.45) is 2.69. The fourth-order valence-electron chi connectivity index (χ4n) is 3.31. The summed E-state index contributed by atoms with van der Waals surface area (Å²) in [6.45, 7) is 4.35. The Morgan fingerprint density at radius 2 is 2.33 bits per heavy atom. The topological polar surface area (TPSA) is 104 Å². The summed E-state index contributed by atoms with van der Waals surface area (Å²) < 4.78 is 10.7. The van der Waals surface area contributed by atoms with Gasteiger partial charge in [-0.25, -0.2) is 0 Å². The summed E-state index contributed by atoms with van der Waals surface area (Å²) in [5.41, 5.74) is -0.784. The molecular formula is C16H23N5O3. The van der Waals surface area contributed by atoms with Crippen LogP contribution >= 0.6 is 0 Å². The minimum Gasteiger partial charge on any atom is -0.380 e. The van der Waals surface area contributed by atoms with Gasteiger partial charge in [0.1, 0.15) is 5.54 Å². The zero-order valence-electron chi connectivity index (χ0n) is 14.3. The predicted octanol–water partition coefficient (Wildman–Crippen LogP) is 0.948. The summed E-state index contributed by atoms with van der Waals surface area (Å²) in [7, 11) is 1.66. The van der Waals surface area contributed by atoms with Crippen LogP contribution in [0.15, 0.2) is 4.52 Å². The van der Waals surface area contributed by atoms with E-state index in [2.05, 4.69) is 21.5 Å². The first-order valence-corrected chi connectivity index (χ1v) is 8.24. The number of aryl methyl sites for hydroxylation is 1. The van der Waals surface area contributed by atoms with Gasteiger partial charge in [-0.3, -0.25) is 9.69 Å². The van der Waals surface area contributed by atoms with Crippen molar-refractivity contribution in [2.75, 3.05) is 20.2 Å². The average Bonchev–Trinajstić information content (AvgIpc) is 3.22. The van der Waals surface area contributed by atoms with Crippen LogP contribution < -0.4 is 5.32 Å². The van der Waals surface area contributed by atoms with E-state index in [9.17, 15) is 10.1 Å². The van der Waals surface area contributed by atoms with Crippen molar-refractivity contribution in [2.45, 2.75) is 50.8 Å². The lowest BCUT2D eigenvalue weighted by Crippen LogP contribution is -2.50. The van der Waals surface area contributed by atoms with Gasteiger partial charge in [-0.05, 0) is 39.0 Å². The summed E-state index contributed by atoms with van der Waals surface area (Å²) in [6, 6.07) is 2.10. The number of aromatic nitrogens is 2. The molecule has 0 spiro atoms. The fourth-order valence-corrected chi connectivity index (χ4v) is 3.31. The molecule has 8 heteroatoms. The minimum absolute atomic E-state index is 0.0146. The van der Waals surface area contributed by atoms with Gasteiger partial charge < -0.3 is 14.6 Å². The molecule has 8 nitrogen and oxygen atoms in total. The maximum atomic E-state index is 12.5. The van der Waals surface area contributed by atoms with Crippen molar-refractivity contribution >= 4 is 5.91 Å². The number of rotatable bonds is 6. The molecule has 1 saturated heterocycles. The van der Waals surface area contributed by atoms with Gasteiger partial charge >= 0.3 is 0 Å². The number of nitrogens with zero attached hydrogens (tertiary/aromatic N) is 4. The number of nitrogens with one attached hydrogen (secondary N) is 1. The van der Waals surface area contributed by atoms with E-state index in [1.807, 2.05) is 4.90 Å². The number of methoxy groups -OCH3 is 1. The molecule has 1 aromatic heterocycles. The van der Waals surface area contributed by atoms with E-state index in [-0.39, 0.29) is 30.5 Å². The van der Waals surface area contributed by atoms with Crippen LogP contribution in [0.4, 0.5) is 0 Å². The van der Waals surface area contributed by atoms with Crippen LogP contribution in [0.3, 0.4) is 0 Å². The Hall–Kier alpha value is -1.98. The summed E-state index contributed by atoms with van der Waals surface area (Å²) in [5.74, 6) is 1.17. The lowest BCUT2D eigenvalue weighted by Gasteiger charge is -2.26. The minimum atomic E-state index is -0.784. The third-order valence-corrected chi connectivity index (χ3v) is 4.90. The molecule has 130 valence electrons. The monoisotopic (exact) mass is 333 g/mol. The number of carbonyl (C=O) groups excluding carboxylic acids is 1. The maximum Gasteiger partial charge on any atom is 0.244 e. The van der Waals surface area contributed by atoms with Crippen LogP contribution in [0.5, 0.6) is 0 Å². The molecule has 3 rings (SSSR count). The van der Waals surface area contributed by atoms with Crippen LogP contribution in [-0.4, -0.2) is 52.8 Å². The van der Waals surface area contributed by atoms with Gasteiger partial charge in [0.15, 0.2) is 5.82 Å². The van der Waals surface area contributed by atoms with E-state index in [4.69, 9.17) is 9.26 Å². The van der Waals surface area contributed by atoms with E-state index < -0.39 is 5.54 Å². The molecular weight excluding hydrogens is 310 g/mol. The van der Waals surface area contributed by atoms with Crippen LogP contribution in [0.2, 0.25) is 0 Å². The van der Waals surface area contributed by atoms with Crippen molar-refractivity contribution in [3.05, 3.63) is 11.7 Å². The van der Waals surface area contributed by atoms with E-state index in [1.165, 1.54) is 0 Å². The fraction of sp³-hybridized carbons (Fsp3) is 0.750. The highest BCUT2D eigenvalue weighted by molar-refractivity contribution is 5.79. The molecule has 1 amide bonds. The zero-order valence-corrected chi connectivity index (χ0v) is 14.3. The van der Waals surface area contributed by atoms with Crippen LogP contribution in [0.25, 0.3) is 0 Å². The van der Waals surface area contributed by atoms with Gasteiger partial charge in [0, 0.05) is 13.7 Å². The summed E-state index contributed by atoms with van der Waals surface area (Å²) in [4.78, 5) is 18.7. The van der Waals surface area contributed by atoms with Gasteiger partial charge in [0.05, 0.1) is 24.8 Å². The second-order valence-electron chi connectivity index (χ2n) is 6.86. The maximum absolute atomic E-state index is 12.5. The Kier molecular flexibility index (Phi) is 4.56. The Morgan fingerprint density at radius 3 is 2.88 bits per heavy atom. The molecule has 2 heterocycles. The first-order chi connectivity index (χ1) is 11.4. The largest absolute Gasteiger partial charge is 0.380 e. The molecule has 24 heavy (non-hydrogen) atoms. The van der Waals surface area contributed by atoms with E-state index in [1.54, 1.807) is 21.0 Å². The average molecular weight is 333 g/mol. The van der Waals surface area contributed by atoms with E-state index in [0.29, 0.717) is 24.7 Å². The number of hydrogen-bond donors (Lipinski definition) is 1. The normalized spacial score (nSPS) is 26.8. The highest BCUT2D eigenvalue weighted by atomic mass is 16.5. The van der Waals surface area contributed by atoms with Crippen LogP contribution in [0.1, 0.15) is 43.9 Å². The number of hydrogen-bond acceptors (Lipinski definition) is 7. The standard InChI is InChI=1S/C16H23N5O3/c1-10-18-15(24-20-10)13-6-12(23-3)7-21(13)8-14(22)19-16(2,9-17)11-4-5-11/h11-13H,4-8H2,1-3H3,(H,19,22)/t12-,13-,16-/m1/s1. The van der Waals surface area contributed by atoms with Crippen molar-refractivity contribution in [3.8, 4) is 6.07 Å². The van der Waals surface area contributed by atoms with Crippen molar-refractivity contribution in [2.24, 2.45) is 5.92 Å². The van der Waals surface area contributed by atoms with E-state index >= 15 is 0 Å². The number of amides is 1. The lowest BCUT2D eigenvalue weighted by molar-refractivity contribution is -0.124. The molecule has 0 unspecified atom stereocenters. The predicted molar refractivity (Wildman–Crippen MR) is 83.6 cm³/mol. The Balaban J connectivity index is 1.67. The second kappa shape index (κ2) is 6.49. The van der Waals surface area contributed by atoms with Gasteiger partial charge in [0.25, 0.3) is 0 Å². The molecule has 3 atom stereocenters. The molecule has 1 saturated carbocycles. The lowest BCUT2D eigenvalue weighted by atomic mass is 9.98. The molecule has 1 aliphatic heterocycles. The zero-order chi connectivity index (χ0) is 17.3. The van der Waals surface area contributed by atoms with Crippen molar-refractivity contribution in [1.29, 1.82) is 5.26 Å². The van der Waals surface area contributed by atoms with Crippen LogP contribution in [0, 0.1) is 24.2 Å². The molecule has 0 radical (unpaired) electrons. The summed E-state index contributed by atoms with van der Waals surface area (Å²) in [5, 5.41) is 16.1. The summed E-state index contributed by atoms with van der Waals surface area (Å²) >= 11 is 0. The van der Waals surface area contributed by atoms with Gasteiger partial charge in [-0.1, -0.05) is 5.16 Å². The molecule has 0 aromatic carbocycles. The molecule has 2 fully saturated rings. The SMILES string of the molecule is CO[C@@H]1C[C@H](c2nc(C)no2)N(CC(=O)N[C@](C)(C#N)C2CC2)C1. The molecule has 2 aliphatic rings. The number of likely N-dealkylation sites (tertiary alicyclic amines) is 1. The highest BCUT2D eigenvalue weighted by Gasteiger charge is 2.44. The quantitative estimate of drug-likeness (QED) is 0.826. The van der Waals surface area contributed by atoms with Gasteiger partial charge in [0.2, 0.25) is 11.8 Å². The third-order valence-electron chi connectivity index (χ3n) is 4.90. The molecule has 1 N–H and O–H groups in total. The first kappa shape index (κ1) is 16.9. The molecule has 1 aromatic rings. The van der Waals surface area contributed by atoms with Gasteiger partial charge in [-0.15, -0.1) is 0 Å². The Bertz CT molecular complexity index is 650. The van der Waals surface area contributed by atoms with Gasteiger partial charge in [-0.2, -0.15) is 10.2 Å². The van der Waals surface area contributed by atoms with Crippen molar-refractivity contribution in [1.82, 2.24) is 20.4 Å². The number of ether oxygens (including phenoxy) is 1. The smallest absolute Gasteiger partial charge is 0.244 e. The highest BCUT2D eigenvalue weighted by Crippen LogP contribution is 2.39. The second-order valence-corrected chi connectivity index (χ2v) is 6.86. The van der Waals surface area contributed by atoms with E-state index in [0.717, 1.165) is 12.8 Å². The number of carbonyl (C=O) groups is 1. The molecule has 0 bridgehead atoms. The van der Waals surface area contributed by atoms with Crippen LogP contribution in [-0.2, 0) is 9.53 Å².